The smallest absolute Gasteiger partial charge is 0.308 e. The summed E-state index contributed by atoms with van der Waals surface area (Å²) in [4.78, 5) is 33.6. The van der Waals surface area contributed by atoms with Crippen LogP contribution in [0.2, 0.25) is 0 Å². The molecular weight excluding hydrogens is 174 g/mol. The first-order valence-electron chi connectivity index (χ1n) is 4.06. The SMILES string of the molecule is CC(=O)N1CC(C(=O)O)CCC1=O. The van der Waals surface area contributed by atoms with E-state index in [4.69, 9.17) is 5.11 Å². The van der Waals surface area contributed by atoms with E-state index in [0.717, 1.165) is 4.90 Å². The highest BCUT2D eigenvalue weighted by Crippen LogP contribution is 2.17. The molecule has 0 aromatic rings. The Bertz CT molecular complexity index is 261. The normalized spacial score (nSPS) is 23.0. The fourth-order valence-electron chi connectivity index (χ4n) is 1.35. The number of hydrogen-bond acceptors (Lipinski definition) is 3. The van der Waals surface area contributed by atoms with Crippen LogP contribution in [0.5, 0.6) is 0 Å². The van der Waals surface area contributed by atoms with E-state index in [1.54, 1.807) is 0 Å². The van der Waals surface area contributed by atoms with Crippen LogP contribution in [0.3, 0.4) is 0 Å². The molecule has 0 aromatic carbocycles. The van der Waals surface area contributed by atoms with E-state index in [-0.39, 0.29) is 24.8 Å². The lowest BCUT2D eigenvalue weighted by atomic mass is 9.98. The van der Waals surface area contributed by atoms with Gasteiger partial charge in [0.15, 0.2) is 0 Å². The highest BCUT2D eigenvalue weighted by atomic mass is 16.4. The predicted octanol–water partition coefficient (Wildman–Crippen LogP) is -0.144. The topological polar surface area (TPSA) is 74.7 Å². The second-order valence-electron chi connectivity index (χ2n) is 3.10. The number of carboxylic acid groups (broad SMARTS) is 1. The molecule has 5 heteroatoms. The van der Waals surface area contributed by atoms with Gasteiger partial charge in [-0.3, -0.25) is 19.3 Å². The van der Waals surface area contributed by atoms with Crippen molar-refractivity contribution < 1.29 is 19.5 Å². The lowest BCUT2D eigenvalue weighted by Crippen LogP contribution is -2.44. The number of aliphatic carboxylic acids is 1. The van der Waals surface area contributed by atoms with Crippen LogP contribution in [0.15, 0.2) is 0 Å². The zero-order valence-electron chi connectivity index (χ0n) is 7.32. The van der Waals surface area contributed by atoms with E-state index < -0.39 is 11.9 Å². The summed E-state index contributed by atoms with van der Waals surface area (Å²) in [6.45, 7) is 1.28. The fraction of sp³-hybridized carbons (Fsp3) is 0.625. The lowest BCUT2D eigenvalue weighted by Gasteiger charge is -2.27. The minimum absolute atomic E-state index is 0.0174. The number of likely N-dealkylation sites (tertiary alicyclic amines) is 1. The first-order valence-corrected chi connectivity index (χ1v) is 4.06. The number of amides is 2. The average Bonchev–Trinajstić information content (AvgIpc) is 2.04. The number of carbonyl (C=O) groups is 3. The summed E-state index contributed by atoms with van der Waals surface area (Å²) < 4.78 is 0. The third-order valence-corrected chi connectivity index (χ3v) is 2.14. The zero-order chi connectivity index (χ0) is 10.0. The molecule has 2 amide bonds. The van der Waals surface area contributed by atoms with Gasteiger partial charge >= 0.3 is 5.97 Å². The zero-order valence-corrected chi connectivity index (χ0v) is 7.32. The molecule has 1 unspecified atom stereocenters. The number of rotatable bonds is 1. The van der Waals surface area contributed by atoms with Gasteiger partial charge in [0.25, 0.3) is 0 Å². The van der Waals surface area contributed by atoms with Crippen LogP contribution >= 0.6 is 0 Å². The lowest BCUT2D eigenvalue weighted by molar-refractivity contribution is -0.152. The van der Waals surface area contributed by atoms with Crippen molar-refractivity contribution in [2.24, 2.45) is 5.92 Å². The van der Waals surface area contributed by atoms with Gasteiger partial charge in [-0.1, -0.05) is 0 Å². The molecular formula is C8H11NO4. The van der Waals surface area contributed by atoms with Crippen LogP contribution in [0, 0.1) is 5.92 Å². The van der Waals surface area contributed by atoms with E-state index in [0.29, 0.717) is 6.42 Å². The predicted molar refractivity (Wildman–Crippen MR) is 42.8 cm³/mol. The molecule has 5 nitrogen and oxygen atoms in total. The number of carboxylic acids is 1. The maximum Gasteiger partial charge on any atom is 0.308 e. The maximum absolute atomic E-state index is 11.1. The molecule has 1 N–H and O–H groups in total. The molecule has 1 fully saturated rings. The maximum atomic E-state index is 11.1. The standard InChI is InChI=1S/C8H11NO4/c1-5(10)9-4-6(8(12)13)2-3-7(9)11/h6H,2-4H2,1H3,(H,12,13). The average molecular weight is 185 g/mol. The highest BCUT2D eigenvalue weighted by Gasteiger charge is 2.31. The van der Waals surface area contributed by atoms with Crippen molar-refractivity contribution >= 4 is 17.8 Å². The molecule has 1 aliphatic rings. The van der Waals surface area contributed by atoms with Gasteiger partial charge in [-0.15, -0.1) is 0 Å². The molecule has 1 aliphatic heterocycles. The number of imide groups is 1. The van der Waals surface area contributed by atoms with Crippen molar-refractivity contribution in [1.82, 2.24) is 4.90 Å². The Hall–Kier alpha value is -1.39. The van der Waals surface area contributed by atoms with E-state index in [2.05, 4.69) is 0 Å². The molecule has 0 bridgehead atoms. The Morgan fingerprint density at radius 1 is 1.54 bits per heavy atom. The van der Waals surface area contributed by atoms with Crippen molar-refractivity contribution in [3.05, 3.63) is 0 Å². The Labute approximate surface area is 75.3 Å². The summed E-state index contributed by atoms with van der Waals surface area (Å²) in [5.74, 6) is -2.19. The Balaban J connectivity index is 2.68. The summed E-state index contributed by atoms with van der Waals surface area (Å²) in [5, 5.41) is 8.67. The Morgan fingerprint density at radius 3 is 2.62 bits per heavy atom. The molecule has 72 valence electrons. The molecule has 0 aromatic heterocycles. The molecule has 1 atom stereocenters. The molecule has 0 saturated carbocycles. The van der Waals surface area contributed by atoms with Gasteiger partial charge in [0, 0.05) is 19.9 Å². The van der Waals surface area contributed by atoms with Crippen molar-refractivity contribution in [1.29, 1.82) is 0 Å². The summed E-state index contributed by atoms with van der Waals surface area (Å²) in [7, 11) is 0. The van der Waals surface area contributed by atoms with E-state index >= 15 is 0 Å². The third-order valence-electron chi connectivity index (χ3n) is 2.14. The summed E-state index contributed by atoms with van der Waals surface area (Å²) in [5.41, 5.74) is 0. The van der Waals surface area contributed by atoms with E-state index in [9.17, 15) is 14.4 Å². The van der Waals surface area contributed by atoms with Gasteiger partial charge in [0.05, 0.1) is 5.92 Å². The minimum atomic E-state index is -0.946. The third kappa shape index (κ3) is 2.05. The second-order valence-corrected chi connectivity index (χ2v) is 3.10. The number of piperidine rings is 1. The van der Waals surface area contributed by atoms with Crippen LogP contribution in [-0.4, -0.2) is 34.3 Å². The highest BCUT2D eigenvalue weighted by molar-refractivity contribution is 5.95. The number of carbonyl (C=O) groups excluding carboxylic acids is 2. The molecule has 1 heterocycles. The van der Waals surface area contributed by atoms with Crippen LogP contribution in [0.4, 0.5) is 0 Å². The quantitative estimate of drug-likeness (QED) is 0.616. The van der Waals surface area contributed by atoms with Crippen molar-refractivity contribution in [3.63, 3.8) is 0 Å². The molecule has 13 heavy (non-hydrogen) atoms. The first kappa shape index (κ1) is 9.70. The van der Waals surface area contributed by atoms with Crippen LogP contribution < -0.4 is 0 Å². The number of hydrogen-bond donors (Lipinski definition) is 1. The fourth-order valence-corrected chi connectivity index (χ4v) is 1.35. The van der Waals surface area contributed by atoms with Gasteiger partial charge in [-0.2, -0.15) is 0 Å². The first-order chi connectivity index (χ1) is 6.02. The largest absolute Gasteiger partial charge is 0.481 e. The van der Waals surface area contributed by atoms with Crippen LogP contribution in [0.1, 0.15) is 19.8 Å². The summed E-state index contributed by atoms with van der Waals surface area (Å²) in [6, 6.07) is 0. The van der Waals surface area contributed by atoms with Crippen LogP contribution in [0.25, 0.3) is 0 Å². The molecule has 1 rings (SSSR count). The summed E-state index contributed by atoms with van der Waals surface area (Å²) >= 11 is 0. The van der Waals surface area contributed by atoms with Crippen LogP contribution in [-0.2, 0) is 14.4 Å². The van der Waals surface area contributed by atoms with Crippen molar-refractivity contribution in [2.45, 2.75) is 19.8 Å². The van der Waals surface area contributed by atoms with E-state index in [1.807, 2.05) is 0 Å². The Morgan fingerprint density at radius 2 is 2.15 bits per heavy atom. The van der Waals surface area contributed by atoms with Gasteiger partial charge in [0.1, 0.15) is 0 Å². The van der Waals surface area contributed by atoms with Gasteiger partial charge in [-0.05, 0) is 6.42 Å². The molecule has 0 radical (unpaired) electrons. The monoisotopic (exact) mass is 185 g/mol. The molecule has 0 aliphatic carbocycles. The molecule has 1 saturated heterocycles. The van der Waals surface area contributed by atoms with E-state index in [1.165, 1.54) is 6.92 Å². The second kappa shape index (κ2) is 3.55. The van der Waals surface area contributed by atoms with Crippen molar-refractivity contribution in [2.75, 3.05) is 6.54 Å². The minimum Gasteiger partial charge on any atom is -0.481 e. The van der Waals surface area contributed by atoms with Gasteiger partial charge in [0.2, 0.25) is 11.8 Å². The van der Waals surface area contributed by atoms with Gasteiger partial charge in [-0.25, -0.2) is 0 Å². The number of nitrogens with zero attached hydrogens (tertiary/aromatic N) is 1. The van der Waals surface area contributed by atoms with Gasteiger partial charge < -0.3 is 5.11 Å². The Kier molecular flexibility index (Phi) is 2.65. The summed E-state index contributed by atoms with van der Waals surface area (Å²) in [6.07, 6.45) is 0.481. The molecule has 0 spiro atoms. The van der Waals surface area contributed by atoms with Crippen molar-refractivity contribution in [3.8, 4) is 0 Å².